The molecule has 2 fully saturated rings. The predicted molar refractivity (Wildman–Crippen MR) is 131 cm³/mol. The third-order valence-corrected chi connectivity index (χ3v) is 7.22. The van der Waals surface area contributed by atoms with E-state index < -0.39 is 0 Å². The minimum absolute atomic E-state index is 0.0245. The Morgan fingerprint density at radius 1 is 1.15 bits per heavy atom. The highest BCUT2D eigenvalue weighted by atomic mass is 16.5. The molecular weight excluding hydrogens is 430 g/mol. The topological polar surface area (TPSA) is 92.2 Å². The van der Waals surface area contributed by atoms with Crippen LogP contribution in [0.2, 0.25) is 0 Å². The molecule has 1 N–H and O–H groups in total. The molecule has 1 aromatic carbocycles. The number of aromatic nitrogens is 5. The molecule has 9 nitrogen and oxygen atoms in total. The molecule has 1 aliphatic carbocycles. The first-order valence-electron chi connectivity index (χ1n) is 12.6. The van der Waals surface area contributed by atoms with Crippen molar-refractivity contribution in [3.05, 3.63) is 51.6 Å². The van der Waals surface area contributed by atoms with Gasteiger partial charge in [-0.25, -0.2) is 4.68 Å². The molecule has 2 aliphatic rings. The molecule has 3 heterocycles. The van der Waals surface area contributed by atoms with Crippen LogP contribution in [0.3, 0.4) is 0 Å². The Morgan fingerprint density at radius 2 is 1.97 bits per heavy atom. The number of rotatable bonds is 9. The maximum atomic E-state index is 13.0. The Kier molecular flexibility index (Phi) is 7.32. The van der Waals surface area contributed by atoms with E-state index in [2.05, 4.69) is 55.4 Å². The van der Waals surface area contributed by atoms with Crippen LogP contribution >= 0.6 is 0 Å². The van der Waals surface area contributed by atoms with Crippen molar-refractivity contribution in [3.63, 3.8) is 0 Å². The van der Waals surface area contributed by atoms with Gasteiger partial charge in [-0.1, -0.05) is 25.8 Å². The van der Waals surface area contributed by atoms with Crippen molar-refractivity contribution in [3.8, 4) is 0 Å². The first kappa shape index (κ1) is 23.1. The van der Waals surface area contributed by atoms with E-state index in [1.54, 1.807) is 0 Å². The predicted octanol–water partition coefficient (Wildman–Crippen LogP) is 2.53. The second-order valence-corrected chi connectivity index (χ2v) is 9.54. The molecule has 1 saturated carbocycles. The van der Waals surface area contributed by atoms with Crippen LogP contribution in [0.5, 0.6) is 0 Å². The maximum Gasteiger partial charge on any atom is 0.252 e. The molecule has 9 heteroatoms. The van der Waals surface area contributed by atoms with Gasteiger partial charge in [0.1, 0.15) is 0 Å². The SMILES string of the molecule is CCc1ccc2[nH]c(=O)c(CN(CCN3CCOCC3)Cc3nnnn3C3CCCC3)cc2c1. The molecule has 0 spiro atoms. The van der Waals surface area contributed by atoms with E-state index in [0.29, 0.717) is 19.1 Å². The lowest BCUT2D eigenvalue weighted by Gasteiger charge is -2.30. The first-order valence-corrected chi connectivity index (χ1v) is 12.6. The third-order valence-electron chi connectivity index (χ3n) is 7.22. The Balaban J connectivity index is 1.38. The van der Waals surface area contributed by atoms with Crippen molar-refractivity contribution in [2.75, 3.05) is 39.4 Å². The van der Waals surface area contributed by atoms with Gasteiger partial charge in [-0.2, -0.15) is 0 Å². The van der Waals surface area contributed by atoms with Gasteiger partial charge in [-0.3, -0.25) is 14.6 Å². The molecule has 5 rings (SSSR count). The normalized spacial score (nSPS) is 17.8. The van der Waals surface area contributed by atoms with Crippen molar-refractivity contribution < 1.29 is 4.74 Å². The first-order chi connectivity index (χ1) is 16.7. The quantitative estimate of drug-likeness (QED) is 0.519. The Hall–Kier alpha value is -2.62. The number of nitrogens with zero attached hydrogens (tertiary/aromatic N) is 6. The number of fused-ring (bicyclic) bond motifs is 1. The second kappa shape index (κ2) is 10.8. The monoisotopic (exact) mass is 465 g/mol. The zero-order valence-electron chi connectivity index (χ0n) is 20.1. The molecule has 182 valence electrons. The van der Waals surface area contributed by atoms with Crippen LogP contribution in [0, 0.1) is 0 Å². The summed E-state index contributed by atoms with van der Waals surface area (Å²) in [7, 11) is 0. The largest absolute Gasteiger partial charge is 0.379 e. The van der Waals surface area contributed by atoms with Gasteiger partial charge in [0.25, 0.3) is 5.56 Å². The minimum Gasteiger partial charge on any atom is -0.379 e. The molecule has 1 saturated heterocycles. The van der Waals surface area contributed by atoms with Gasteiger partial charge in [0.05, 0.1) is 25.8 Å². The molecule has 0 radical (unpaired) electrons. The summed E-state index contributed by atoms with van der Waals surface area (Å²) in [5, 5.41) is 13.8. The lowest BCUT2D eigenvalue weighted by Crippen LogP contribution is -2.41. The van der Waals surface area contributed by atoms with Crippen LogP contribution in [-0.2, 0) is 24.2 Å². The number of aryl methyl sites for hydroxylation is 1. The number of aromatic amines is 1. The molecule has 0 bridgehead atoms. The second-order valence-electron chi connectivity index (χ2n) is 9.54. The molecule has 2 aromatic heterocycles. The van der Waals surface area contributed by atoms with Gasteiger partial charge in [0.15, 0.2) is 5.82 Å². The summed E-state index contributed by atoms with van der Waals surface area (Å²) in [6.45, 7) is 8.56. The van der Waals surface area contributed by atoms with Crippen LogP contribution in [0.25, 0.3) is 10.9 Å². The average molecular weight is 466 g/mol. The van der Waals surface area contributed by atoms with E-state index in [9.17, 15) is 4.79 Å². The van der Waals surface area contributed by atoms with E-state index in [1.807, 2.05) is 10.7 Å². The summed E-state index contributed by atoms with van der Waals surface area (Å²) in [4.78, 5) is 20.8. The molecule has 3 aromatic rings. The van der Waals surface area contributed by atoms with E-state index in [0.717, 1.165) is 80.9 Å². The number of morpholine rings is 1. The fourth-order valence-electron chi connectivity index (χ4n) is 5.15. The molecule has 0 atom stereocenters. The number of hydrogen-bond donors (Lipinski definition) is 1. The van der Waals surface area contributed by atoms with E-state index in [1.165, 1.54) is 18.4 Å². The van der Waals surface area contributed by atoms with Gasteiger partial charge >= 0.3 is 0 Å². The van der Waals surface area contributed by atoms with Gasteiger partial charge in [0.2, 0.25) is 0 Å². The highest BCUT2D eigenvalue weighted by molar-refractivity contribution is 5.79. The summed E-state index contributed by atoms with van der Waals surface area (Å²) in [6.07, 6.45) is 5.71. The van der Waals surface area contributed by atoms with Gasteiger partial charge in [-0.15, -0.1) is 5.10 Å². The zero-order chi connectivity index (χ0) is 23.3. The third kappa shape index (κ3) is 5.37. The number of hydrogen-bond acceptors (Lipinski definition) is 7. The fraction of sp³-hybridized carbons (Fsp3) is 0.600. The van der Waals surface area contributed by atoms with Crippen molar-refractivity contribution in [2.45, 2.75) is 58.2 Å². The number of H-pyrrole nitrogens is 1. The summed E-state index contributed by atoms with van der Waals surface area (Å²) < 4.78 is 7.53. The van der Waals surface area contributed by atoms with Gasteiger partial charge in [0, 0.05) is 43.8 Å². The number of tetrazole rings is 1. The number of pyridine rings is 1. The molecule has 34 heavy (non-hydrogen) atoms. The smallest absolute Gasteiger partial charge is 0.252 e. The van der Waals surface area contributed by atoms with Crippen molar-refractivity contribution in [1.82, 2.24) is 35.0 Å². The highest BCUT2D eigenvalue weighted by Gasteiger charge is 2.23. The number of nitrogens with one attached hydrogen (secondary N) is 1. The summed E-state index contributed by atoms with van der Waals surface area (Å²) >= 11 is 0. The lowest BCUT2D eigenvalue weighted by molar-refractivity contribution is 0.0322. The minimum atomic E-state index is -0.0245. The number of benzene rings is 1. The van der Waals surface area contributed by atoms with Gasteiger partial charge < -0.3 is 9.72 Å². The van der Waals surface area contributed by atoms with E-state index in [-0.39, 0.29) is 5.56 Å². The molecule has 0 amide bonds. The van der Waals surface area contributed by atoms with Crippen molar-refractivity contribution >= 4 is 10.9 Å². The van der Waals surface area contributed by atoms with E-state index in [4.69, 9.17) is 4.74 Å². The van der Waals surface area contributed by atoms with E-state index >= 15 is 0 Å². The van der Waals surface area contributed by atoms with Crippen LogP contribution in [0.1, 0.15) is 55.6 Å². The van der Waals surface area contributed by atoms with Gasteiger partial charge in [-0.05, 0) is 58.8 Å². The molecule has 1 aliphatic heterocycles. The summed E-state index contributed by atoms with van der Waals surface area (Å²) in [5.74, 6) is 0.888. The van der Waals surface area contributed by atoms with Crippen LogP contribution in [-0.4, -0.2) is 74.4 Å². The fourth-order valence-corrected chi connectivity index (χ4v) is 5.15. The Morgan fingerprint density at radius 3 is 2.76 bits per heavy atom. The summed E-state index contributed by atoms with van der Waals surface area (Å²) in [6, 6.07) is 8.70. The maximum absolute atomic E-state index is 13.0. The zero-order valence-corrected chi connectivity index (χ0v) is 20.1. The van der Waals surface area contributed by atoms with Crippen LogP contribution < -0.4 is 5.56 Å². The lowest BCUT2D eigenvalue weighted by atomic mass is 10.1. The molecular formula is C25H35N7O2. The Labute approximate surface area is 200 Å². The standard InChI is InChI=1S/C25H35N7O2/c1-2-19-7-8-23-20(15-19)16-21(25(33)26-23)17-31(10-9-30-11-13-34-14-12-30)18-24-27-28-29-32(24)22-5-3-4-6-22/h7-8,15-16,22H,2-6,9-14,17-18H2,1H3,(H,26,33). The van der Waals surface area contributed by atoms with Crippen molar-refractivity contribution in [1.29, 1.82) is 0 Å². The Bertz CT molecular complexity index is 1150. The average Bonchev–Trinajstić information content (AvgIpc) is 3.55. The van der Waals surface area contributed by atoms with Crippen LogP contribution in [0.15, 0.2) is 29.1 Å². The number of ether oxygens (including phenoxy) is 1. The highest BCUT2D eigenvalue weighted by Crippen LogP contribution is 2.29. The van der Waals surface area contributed by atoms with Crippen molar-refractivity contribution in [2.24, 2.45) is 0 Å². The van der Waals surface area contributed by atoms with Crippen LogP contribution in [0.4, 0.5) is 0 Å². The molecule has 0 unspecified atom stereocenters. The summed E-state index contributed by atoms with van der Waals surface area (Å²) in [5.41, 5.74) is 2.91.